The van der Waals surface area contributed by atoms with Crippen LogP contribution in [0.25, 0.3) is 21.5 Å². The number of hydrogen-bond acceptors (Lipinski definition) is 0. The minimum Gasteiger partial charge on any atom is -0.0616 e. The van der Waals surface area contributed by atoms with Gasteiger partial charge in [0.05, 0.1) is 0 Å². The van der Waals surface area contributed by atoms with E-state index in [1.165, 1.54) is 43.8 Å². The van der Waals surface area contributed by atoms with E-state index < -0.39 is 0 Å². The van der Waals surface area contributed by atoms with Crippen molar-refractivity contribution in [3.63, 3.8) is 0 Å². The number of hydrogen-bond donors (Lipinski definition) is 0. The van der Waals surface area contributed by atoms with Gasteiger partial charge in [0.1, 0.15) is 0 Å². The van der Waals surface area contributed by atoms with Crippen LogP contribution in [0.1, 0.15) is 22.3 Å². The second kappa shape index (κ2) is 6.13. The van der Waals surface area contributed by atoms with Gasteiger partial charge in [0.2, 0.25) is 0 Å². The number of fused-ring (bicyclic) bond motifs is 2. The minimum atomic E-state index is 1.08. The van der Waals surface area contributed by atoms with E-state index in [0.29, 0.717) is 0 Å². The lowest BCUT2D eigenvalue weighted by Crippen LogP contribution is -1.95. The zero-order chi connectivity index (χ0) is 16.5. The summed E-state index contributed by atoms with van der Waals surface area (Å²) >= 11 is 0. The molecule has 24 heavy (non-hydrogen) atoms. The lowest BCUT2D eigenvalue weighted by molar-refractivity contribution is 0.974. The Morgan fingerprint density at radius 3 is 1.42 bits per heavy atom. The molecule has 0 bridgehead atoms. The summed E-state index contributed by atoms with van der Waals surface area (Å²) in [6, 6.07) is 26.7. The fraction of sp³-hybridized carbons (Fsp3) is 0.167. The van der Waals surface area contributed by atoms with Gasteiger partial charge in [0, 0.05) is 0 Å². The van der Waals surface area contributed by atoms with E-state index in [0.717, 1.165) is 12.8 Å². The summed E-state index contributed by atoms with van der Waals surface area (Å²) in [5.41, 5.74) is 5.60. The zero-order valence-electron chi connectivity index (χ0n) is 14.3. The van der Waals surface area contributed by atoms with Crippen molar-refractivity contribution in [3.05, 3.63) is 95.1 Å². The molecule has 4 rings (SSSR count). The Balaban J connectivity index is 1.74. The predicted octanol–water partition coefficient (Wildman–Crippen LogP) is 6.40. The van der Waals surface area contributed by atoms with Crippen molar-refractivity contribution < 1.29 is 0 Å². The van der Waals surface area contributed by atoms with Gasteiger partial charge in [-0.05, 0) is 59.4 Å². The molecule has 0 aliphatic heterocycles. The maximum absolute atomic E-state index is 2.35. The highest BCUT2D eigenvalue weighted by Crippen LogP contribution is 2.25. The molecular weight excluding hydrogens is 288 g/mol. The Hall–Kier alpha value is -2.60. The first-order valence-electron chi connectivity index (χ1n) is 8.67. The zero-order valence-corrected chi connectivity index (χ0v) is 14.3. The Kier molecular flexibility index (Phi) is 3.82. The van der Waals surface area contributed by atoms with E-state index in [1.54, 1.807) is 0 Å². The van der Waals surface area contributed by atoms with Crippen molar-refractivity contribution in [1.82, 2.24) is 0 Å². The molecule has 0 aliphatic rings. The van der Waals surface area contributed by atoms with Gasteiger partial charge >= 0.3 is 0 Å². The van der Waals surface area contributed by atoms with Gasteiger partial charge in [-0.25, -0.2) is 0 Å². The SMILES string of the molecule is Cc1cc(CCc2cc(C)cc3ccccc23)c2ccccc2c1. The highest BCUT2D eigenvalue weighted by Gasteiger charge is 2.06. The average Bonchev–Trinajstić information content (AvgIpc) is 2.59. The van der Waals surface area contributed by atoms with Gasteiger partial charge in [0.15, 0.2) is 0 Å². The van der Waals surface area contributed by atoms with Crippen LogP contribution in [0.15, 0.2) is 72.8 Å². The Morgan fingerprint density at radius 2 is 0.958 bits per heavy atom. The highest BCUT2D eigenvalue weighted by molar-refractivity contribution is 5.88. The van der Waals surface area contributed by atoms with Crippen molar-refractivity contribution in [1.29, 1.82) is 0 Å². The Bertz CT molecular complexity index is 939. The van der Waals surface area contributed by atoms with E-state index in [-0.39, 0.29) is 0 Å². The van der Waals surface area contributed by atoms with Crippen LogP contribution in [0, 0.1) is 13.8 Å². The molecule has 4 aromatic carbocycles. The van der Waals surface area contributed by atoms with Crippen LogP contribution in [-0.4, -0.2) is 0 Å². The normalized spacial score (nSPS) is 11.2. The summed E-state index contributed by atoms with van der Waals surface area (Å²) in [5, 5.41) is 5.48. The molecule has 0 amide bonds. The smallest absolute Gasteiger partial charge is 0.0152 e. The Labute approximate surface area is 143 Å². The molecule has 0 radical (unpaired) electrons. The molecule has 4 aromatic rings. The minimum absolute atomic E-state index is 1.08. The lowest BCUT2D eigenvalue weighted by Gasteiger charge is -2.11. The molecule has 0 heterocycles. The molecule has 0 saturated carbocycles. The summed E-state index contributed by atoms with van der Waals surface area (Å²) in [6.07, 6.45) is 2.16. The molecule has 0 aromatic heterocycles. The molecule has 0 aliphatic carbocycles. The van der Waals surface area contributed by atoms with Crippen LogP contribution in [0.2, 0.25) is 0 Å². The average molecular weight is 310 g/mol. The van der Waals surface area contributed by atoms with Crippen LogP contribution in [0.3, 0.4) is 0 Å². The van der Waals surface area contributed by atoms with Crippen LogP contribution in [-0.2, 0) is 12.8 Å². The van der Waals surface area contributed by atoms with Gasteiger partial charge in [-0.3, -0.25) is 0 Å². The summed E-state index contributed by atoms with van der Waals surface area (Å²) in [7, 11) is 0. The monoisotopic (exact) mass is 310 g/mol. The molecule has 0 nitrogen and oxygen atoms in total. The Morgan fingerprint density at radius 1 is 0.542 bits per heavy atom. The number of rotatable bonds is 3. The molecule has 0 atom stereocenters. The third kappa shape index (κ3) is 2.80. The molecule has 0 N–H and O–H groups in total. The second-order valence-corrected chi connectivity index (χ2v) is 6.79. The van der Waals surface area contributed by atoms with Crippen molar-refractivity contribution in [2.75, 3.05) is 0 Å². The van der Waals surface area contributed by atoms with Crippen molar-refractivity contribution in [3.8, 4) is 0 Å². The van der Waals surface area contributed by atoms with Gasteiger partial charge in [0.25, 0.3) is 0 Å². The highest BCUT2D eigenvalue weighted by atomic mass is 14.1. The van der Waals surface area contributed by atoms with E-state index in [2.05, 4.69) is 86.6 Å². The number of benzene rings is 4. The second-order valence-electron chi connectivity index (χ2n) is 6.79. The first-order chi connectivity index (χ1) is 11.7. The van der Waals surface area contributed by atoms with Gasteiger partial charge in [-0.2, -0.15) is 0 Å². The van der Waals surface area contributed by atoms with Crippen LogP contribution in [0.4, 0.5) is 0 Å². The van der Waals surface area contributed by atoms with Crippen molar-refractivity contribution in [2.24, 2.45) is 0 Å². The van der Waals surface area contributed by atoms with E-state index in [1.807, 2.05) is 0 Å². The lowest BCUT2D eigenvalue weighted by atomic mass is 9.93. The largest absolute Gasteiger partial charge is 0.0616 e. The standard InChI is InChI=1S/C24H22/c1-17-13-19-7-3-5-9-23(19)21(15-17)11-12-22-16-18(2)14-20-8-4-6-10-24(20)22/h3-10,13-16H,11-12H2,1-2H3. The maximum Gasteiger partial charge on any atom is -0.0152 e. The molecule has 118 valence electrons. The topological polar surface area (TPSA) is 0 Å². The first kappa shape index (κ1) is 15.0. The molecule has 0 spiro atoms. The van der Waals surface area contributed by atoms with E-state index in [4.69, 9.17) is 0 Å². The van der Waals surface area contributed by atoms with E-state index >= 15 is 0 Å². The molecular formula is C24H22. The quantitative estimate of drug-likeness (QED) is 0.411. The number of aryl methyl sites for hydroxylation is 4. The predicted molar refractivity (Wildman–Crippen MR) is 105 cm³/mol. The van der Waals surface area contributed by atoms with Crippen molar-refractivity contribution in [2.45, 2.75) is 26.7 Å². The van der Waals surface area contributed by atoms with Gasteiger partial charge in [-0.1, -0.05) is 83.9 Å². The van der Waals surface area contributed by atoms with Gasteiger partial charge < -0.3 is 0 Å². The summed E-state index contributed by atoms with van der Waals surface area (Å²) in [6.45, 7) is 4.38. The summed E-state index contributed by atoms with van der Waals surface area (Å²) in [4.78, 5) is 0. The van der Waals surface area contributed by atoms with Crippen LogP contribution >= 0.6 is 0 Å². The third-order valence-corrected chi connectivity index (χ3v) is 4.85. The van der Waals surface area contributed by atoms with Crippen LogP contribution < -0.4 is 0 Å². The fourth-order valence-corrected chi connectivity index (χ4v) is 3.79. The first-order valence-corrected chi connectivity index (χ1v) is 8.67. The maximum atomic E-state index is 2.35. The fourth-order valence-electron chi connectivity index (χ4n) is 3.79. The third-order valence-electron chi connectivity index (χ3n) is 4.85. The van der Waals surface area contributed by atoms with Crippen LogP contribution in [0.5, 0.6) is 0 Å². The van der Waals surface area contributed by atoms with Gasteiger partial charge in [-0.15, -0.1) is 0 Å². The van der Waals surface area contributed by atoms with Crippen molar-refractivity contribution >= 4 is 21.5 Å². The van der Waals surface area contributed by atoms with E-state index in [9.17, 15) is 0 Å². The molecule has 0 unspecified atom stereocenters. The molecule has 0 heteroatoms. The molecule has 0 saturated heterocycles. The molecule has 0 fully saturated rings. The summed E-state index contributed by atoms with van der Waals surface area (Å²) < 4.78 is 0. The summed E-state index contributed by atoms with van der Waals surface area (Å²) in [5.74, 6) is 0.